The summed E-state index contributed by atoms with van der Waals surface area (Å²) in [6.07, 6.45) is 0.319. The summed E-state index contributed by atoms with van der Waals surface area (Å²) in [4.78, 5) is 40.7. The number of methoxy groups -OCH3 is 2. The number of alkyl carbamates (subject to hydrolysis) is 1. The van der Waals surface area contributed by atoms with Gasteiger partial charge >= 0.3 is 6.09 Å². The summed E-state index contributed by atoms with van der Waals surface area (Å²) in [7, 11) is 3.08. The quantitative estimate of drug-likeness (QED) is 0.736. The zero-order valence-electron chi connectivity index (χ0n) is 19.0. The molecular formula is C22H33N3O6. The SMILES string of the molecule is COc1cc(OC)cc(C(=O)N2CCCN(C(=O)CCNC(=O)OC(C)(C)C)CC2)c1. The minimum Gasteiger partial charge on any atom is -0.497 e. The van der Waals surface area contributed by atoms with Crippen LogP contribution < -0.4 is 14.8 Å². The van der Waals surface area contributed by atoms with Crippen LogP contribution in [-0.4, -0.2) is 80.3 Å². The molecule has 0 aliphatic carbocycles. The van der Waals surface area contributed by atoms with E-state index in [2.05, 4.69) is 5.32 Å². The molecule has 0 atom stereocenters. The minimum absolute atomic E-state index is 0.0617. The molecule has 1 fully saturated rings. The molecule has 9 heteroatoms. The van der Waals surface area contributed by atoms with Crippen LogP contribution in [0.5, 0.6) is 11.5 Å². The van der Waals surface area contributed by atoms with Gasteiger partial charge in [-0.25, -0.2) is 4.79 Å². The van der Waals surface area contributed by atoms with Crippen molar-refractivity contribution < 1.29 is 28.6 Å². The van der Waals surface area contributed by atoms with Crippen molar-refractivity contribution in [3.63, 3.8) is 0 Å². The molecule has 1 aromatic rings. The first kappa shape index (κ1) is 24.3. The Bertz CT molecular complexity index is 768. The fourth-order valence-electron chi connectivity index (χ4n) is 3.23. The van der Waals surface area contributed by atoms with E-state index in [-0.39, 0.29) is 24.8 Å². The lowest BCUT2D eigenvalue weighted by Crippen LogP contribution is -2.39. The second-order valence-corrected chi connectivity index (χ2v) is 8.31. The molecule has 1 N–H and O–H groups in total. The van der Waals surface area contributed by atoms with Gasteiger partial charge in [0.05, 0.1) is 14.2 Å². The largest absolute Gasteiger partial charge is 0.497 e. The highest BCUT2D eigenvalue weighted by Crippen LogP contribution is 2.24. The average molecular weight is 436 g/mol. The van der Waals surface area contributed by atoms with Crippen LogP contribution in [0, 0.1) is 0 Å². The summed E-state index contributed by atoms with van der Waals surface area (Å²) in [5, 5.41) is 2.60. The molecule has 2 rings (SSSR count). The van der Waals surface area contributed by atoms with E-state index in [9.17, 15) is 14.4 Å². The topological polar surface area (TPSA) is 97.4 Å². The Kier molecular flexibility index (Phi) is 8.53. The van der Waals surface area contributed by atoms with Gasteiger partial charge in [0.15, 0.2) is 0 Å². The van der Waals surface area contributed by atoms with Crippen LogP contribution in [0.25, 0.3) is 0 Å². The molecule has 1 aliphatic heterocycles. The number of amides is 3. The molecule has 9 nitrogen and oxygen atoms in total. The normalized spacial score (nSPS) is 14.5. The van der Waals surface area contributed by atoms with E-state index < -0.39 is 11.7 Å². The van der Waals surface area contributed by atoms with Crippen molar-refractivity contribution in [3.8, 4) is 11.5 Å². The van der Waals surface area contributed by atoms with Crippen molar-refractivity contribution in [2.75, 3.05) is 46.9 Å². The zero-order valence-corrected chi connectivity index (χ0v) is 19.0. The molecule has 0 radical (unpaired) electrons. The molecule has 0 unspecified atom stereocenters. The van der Waals surface area contributed by atoms with E-state index in [0.717, 1.165) is 0 Å². The van der Waals surface area contributed by atoms with E-state index in [1.807, 2.05) is 0 Å². The summed E-state index contributed by atoms with van der Waals surface area (Å²) < 4.78 is 15.7. The van der Waals surface area contributed by atoms with Gasteiger partial charge in [0, 0.05) is 50.8 Å². The number of nitrogens with one attached hydrogen (secondary N) is 1. The van der Waals surface area contributed by atoms with E-state index in [1.54, 1.807) is 48.8 Å². The lowest BCUT2D eigenvalue weighted by Gasteiger charge is -2.23. The van der Waals surface area contributed by atoms with Gasteiger partial charge in [-0.2, -0.15) is 0 Å². The number of hydrogen-bond acceptors (Lipinski definition) is 6. The number of carbonyl (C=O) groups excluding carboxylic acids is 3. The van der Waals surface area contributed by atoms with Gasteiger partial charge in [-0.15, -0.1) is 0 Å². The number of nitrogens with zero attached hydrogens (tertiary/aromatic N) is 2. The van der Waals surface area contributed by atoms with Gasteiger partial charge in [0.1, 0.15) is 17.1 Å². The molecule has 1 aromatic carbocycles. The molecule has 31 heavy (non-hydrogen) atoms. The Morgan fingerprint density at radius 3 is 2.10 bits per heavy atom. The lowest BCUT2D eigenvalue weighted by atomic mass is 10.1. The van der Waals surface area contributed by atoms with E-state index in [1.165, 1.54) is 14.2 Å². The van der Waals surface area contributed by atoms with Crippen LogP contribution >= 0.6 is 0 Å². The van der Waals surface area contributed by atoms with E-state index >= 15 is 0 Å². The Morgan fingerprint density at radius 1 is 0.935 bits per heavy atom. The first-order valence-corrected chi connectivity index (χ1v) is 10.4. The highest BCUT2D eigenvalue weighted by Gasteiger charge is 2.24. The standard InChI is InChI=1S/C22H33N3O6/c1-22(2,3)31-21(28)23-8-7-19(26)24-9-6-10-25(12-11-24)20(27)16-13-17(29-4)15-18(14-16)30-5/h13-15H,6-12H2,1-5H3,(H,23,28). The summed E-state index contributed by atoms with van der Waals surface area (Å²) >= 11 is 0. The second-order valence-electron chi connectivity index (χ2n) is 8.31. The second kappa shape index (κ2) is 10.9. The van der Waals surface area contributed by atoms with Crippen LogP contribution in [0.1, 0.15) is 44.0 Å². The number of hydrogen-bond donors (Lipinski definition) is 1. The van der Waals surface area contributed by atoms with Gasteiger partial charge in [-0.05, 0) is 39.3 Å². The number of rotatable bonds is 6. The van der Waals surface area contributed by atoms with Crippen LogP contribution in [0.3, 0.4) is 0 Å². The van der Waals surface area contributed by atoms with Crippen molar-refractivity contribution in [1.82, 2.24) is 15.1 Å². The zero-order chi connectivity index (χ0) is 23.0. The maximum Gasteiger partial charge on any atom is 0.407 e. The molecule has 1 aliphatic rings. The van der Waals surface area contributed by atoms with Crippen LogP contribution in [0.2, 0.25) is 0 Å². The lowest BCUT2D eigenvalue weighted by molar-refractivity contribution is -0.130. The molecule has 172 valence electrons. The predicted octanol–water partition coefficient (Wildman–Crippen LogP) is 2.29. The number of benzene rings is 1. The molecule has 3 amide bonds. The van der Waals surface area contributed by atoms with Gasteiger partial charge in [-0.1, -0.05) is 0 Å². The Balaban J connectivity index is 1.88. The van der Waals surface area contributed by atoms with Gasteiger partial charge in [-0.3, -0.25) is 9.59 Å². The molecule has 1 saturated heterocycles. The molecule has 1 heterocycles. The van der Waals surface area contributed by atoms with Gasteiger partial charge in [0.25, 0.3) is 5.91 Å². The predicted molar refractivity (Wildman–Crippen MR) is 116 cm³/mol. The maximum atomic E-state index is 13.0. The molecule has 0 bridgehead atoms. The fourth-order valence-corrected chi connectivity index (χ4v) is 3.23. The fraction of sp³-hybridized carbons (Fsp3) is 0.591. The van der Waals surface area contributed by atoms with Gasteiger partial charge < -0.3 is 29.3 Å². The van der Waals surface area contributed by atoms with E-state index in [0.29, 0.717) is 49.7 Å². The third kappa shape index (κ3) is 7.66. The highest BCUT2D eigenvalue weighted by atomic mass is 16.6. The third-order valence-electron chi connectivity index (χ3n) is 4.74. The van der Waals surface area contributed by atoms with Crippen LogP contribution in [-0.2, 0) is 9.53 Å². The Labute approximate surface area is 183 Å². The Hall–Kier alpha value is -2.97. The molecule has 0 saturated carbocycles. The number of carbonyl (C=O) groups is 3. The summed E-state index contributed by atoms with van der Waals surface area (Å²) in [6, 6.07) is 5.08. The third-order valence-corrected chi connectivity index (χ3v) is 4.74. The average Bonchev–Trinajstić information content (AvgIpc) is 2.97. The van der Waals surface area contributed by atoms with Crippen molar-refractivity contribution in [2.45, 2.75) is 39.2 Å². The van der Waals surface area contributed by atoms with Crippen molar-refractivity contribution in [2.24, 2.45) is 0 Å². The van der Waals surface area contributed by atoms with Gasteiger partial charge in [0.2, 0.25) is 5.91 Å². The van der Waals surface area contributed by atoms with Crippen molar-refractivity contribution in [3.05, 3.63) is 23.8 Å². The van der Waals surface area contributed by atoms with E-state index in [4.69, 9.17) is 14.2 Å². The molecule has 0 spiro atoms. The monoisotopic (exact) mass is 435 g/mol. The first-order chi connectivity index (χ1) is 14.6. The van der Waals surface area contributed by atoms with Crippen LogP contribution in [0.15, 0.2) is 18.2 Å². The van der Waals surface area contributed by atoms with Crippen molar-refractivity contribution >= 4 is 17.9 Å². The summed E-state index contributed by atoms with van der Waals surface area (Å²) in [5.74, 6) is 0.908. The summed E-state index contributed by atoms with van der Waals surface area (Å²) in [6.45, 7) is 7.55. The summed E-state index contributed by atoms with van der Waals surface area (Å²) in [5.41, 5.74) is -0.0979. The maximum absolute atomic E-state index is 13.0. The molecular weight excluding hydrogens is 402 g/mol. The van der Waals surface area contributed by atoms with Crippen molar-refractivity contribution in [1.29, 1.82) is 0 Å². The van der Waals surface area contributed by atoms with Crippen LogP contribution in [0.4, 0.5) is 4.79 Å². The number of ether oxygens (including phenoxy) is 3. The molecule has 0 aromatic heterocycles. The Morgan fingerprint density at radius 2 is 1.52 bits per heavy atom. The highest BCUT2D eigenvalue weighted by molar-refractivity contribution is 5.95. The smallest absolute Gasteiger partial charge is 0.407 e. The minimum atomic E-state index is -0.582. The first-order valence-electron chi connectivity index (χ1n) is 10.4.